The highest BCUT2D eigenvalue weighted by Gasteiger charge is 2.27. The minimum Gasteiger partial charge on any atom is -0.486 e. The van der Waals surface area contributed by atoms with Gasteiger partial charge in [-0.1, -0.05) is 6.07 Å². The molecular formula is C12H14N4O. The molecule has 1 aliphatic rings. The van der Waals surface area contributed by atoms with Gasteiger partial charge in [0.05, 0.1) is 0 Å². The summed E-state index contributed by atoms with van der Waals surface area (Å²) in [6, 6.07) is 7.35. The van der Waals surface area contributed by atoms with Gasteiger partial charge in [0.15, 0.2) is 11.6 Å². The van der Waals surface area contributed by atoms with E-state index in [-0.39, 0.29) is 0 Å². The van der Waals surface area contributed by atoms with Crippen LogP contribution in [0, 0.1) is 0 Å². The third-order valence-corrected chi connectivity index (χ3v) is 2.73. The third-order valence-electron chi connectivity index (χ3n) is 2.73. The first-order chi connectivity index (χ1) is 8.31. The highest BCUT2D eigenvalue weighted by atomic mass is 16.5. The predicted octanol–water partition coefficient (Wildman–Crippen LogP) is 1.84. The van der Waals surface area contributed by atoms with Crippen molar-refractivity contribution >= 4 is 5.69 Å². The molecule has 5 nitrogen and oxygen atoms in total. The van der Waals surface area contributed by atoms with Crippen LogP contribution >= 0.6 is 0 Å². The molecule has 1 aromatic heterocycles. The lowest BCUT2D eigenvalue weighted by Gasteiger charge is -2.03. The molecule has 0 amide bonds. The number of rotatable bonds is 4. The molecule has 1 aliphatic carbocycles. The zero-order valence-corrected chi connectivity index (χ0v) is 9.39. The number of aromatic amines is 1. The normalized spacial score (nSPS) is 14.8. The number of aromatic nitrogens is 3. The molecule has 17 heavy (non-hydrogen) atoms. The Hall–Kier alpha value is -2.04. The monoisotopic (exact) mass is 230 g/mol. The second-order valence-electron chi connectivity index (χ2n) is 4.28. The molecule has 0 aliphatic heterocycles. The molecule has 0 saturated heterocycles. The minimum absolute atomic E-state index is 0.392. The third kappa shape index (κ3) is 2.38. The van der Waals surface area contributed by atoms with E-state index in [1.807, 2.05) is 18.2 Å². The molecule has 2 aromatic rings. The number of hydrogen-bond acceptors (Lipinski definition) is 4. The Balaban J connectivity index is 1.62. The van der Waals surface area contributed by atoms with Crippen molar-refractivity contribution in [3.8, 4) is 5.75 Å². The van der Waals surface area contributed by atoms with Crippen LogP contribution in [-0.4, -0.2) is 15.2 Å². The van der Waals surface area contributed by atoms with Crippen LogP contribution in [0.15, 0.2) is 24.3 Å². The van der Waals surface area contributed by atoms with Gasteiger partial charge in [0.2, 0.25) is 0 Å². The number of benzene rings is 1. The fraction of sp³-hybridized carbons (Fsp3) is 0.333. The van der Waals surface area contributed by atoms with Crippen LogP contribution in [0.3, 0.4) is 0 Å². The first-order valence-corrected chi connectivity index (χ1v) is 5.71. The summed E-state index contributed by atoms with van der Waals surface area (Å²) in [6.07, 6.45) is 2.40. The van der Waals surface area contributed by atoms with E-state index in [1.54, 1.807) is 6.07 Å². The zero-order valence-electron chi connectivity index (χ0n) is 9.39. The lowest BCUT2D eigenvalue weighted by Crippen LogP contribution is -1.98. The van der Waals surface area contributed by atoms with Crippen molar-refractivity contribution in [1.82, 2.24) is 15.2 Å². The SMILES string of the molecule is Nc1cccc(OCc2nc(C3CC3)n[nH]2)c1. The van der Waals surface area contributed by atoms with Gasteiger partial charge in [0.25, 0.3) is 0 Å². The molecule has 0 spiro atoms. The van der Waals surface area contributed by atoms with Crippen LogP contribution in [0.25, 0.3) is 0 Å². The lowest BCUT2D eigenvalue weighted by atomic mass is 10.3. The summed E-state index contributed by atoms with van der Waals surface area (Å²) >= 11 is 0. The summed E-state index contributed by atoms with van der Waals surface area (Å²) in [5.74, 6) is 2.98. The van der Waals surface area contributed by atoms with E-state index in [2.05, 4.69) is 15.2 Å². The topological polar surface area (TPSA) is 76.8 Å². The highest BCUT2D eigenvalue weighted by Crippen LogP contribution is 2.37. The van der Waals surface area contributed by atoms with Crippen LogP contribution in [0.1, 0.15) is 30.4 Å². The number of H-pyrrole nitrogens is 1. The average Bonchev–Trinajstić information content (AvgIpc) is 3.07. The standard InChI is InChI=1S/C12H14N4O/c13-9-2-1-3-10(6-9)17-7-11-14-12(16-15-11)8-4-5-8/h1-3,6,8H,4-5,7,13H2,(H,14,15,16). The van der Waals surface area contributed by atoms with Crippen molar-refractivity contribution in [2.45, 2.75) is 25.4 Å². The molecule has 1 aromatic carbocycles. The van der Waals surface area contributed by atoms with Crippen molar-refractivity contribution in [3.63, 3.8) is 0 Å². The quantitative estimate of drug-likeness (QED) is 0.786. The van der Waals surface area contributed by atoms with Gasteiger partial charge in [0.1, 0.15) is 12.4 Å². The number of nitrogens with zero attached hydrogens (tertiary/aromatic N) is 2. The Labute approximate surface area is 99.0 Å². The second kappa shape index (κ2) is 4.08. The van der Waals surface area contributed by atoms with E-state index in [1.165, 1.54) is 12.8 Å². The lowest BCUT2D eigenvalue weighted by molar-refractivity contribution is 0.296. The van der Waals surface area contributed by atoms with E-state index >= 15 is 0 Å². The van der Waals surface area contributed by atoms with Gasteiger partial charge in [0, 0.05) is 17.7 Å². The van der Waals surface area contributed by atoms with Crippen molar-refractivity contribution in [3.05, 3.63) is 35.9 Å². The smallest absolute Gasteiger partial charge is 0.162 e. The van der Waals surface area contributed by atoms with Crippen LogP contribution < -0.4 is 10.5 Å². The Kier molecular flexibility index (Phi) is 2.44. The summed E-state index contributed by atoms with van der Waals surface area (Å²) in [5, 5.41) is 7.06. The minimum atomic E-state index is 0.392. The first kappa shape index (κ1) is 10.1. The Morgan fingerprint density at radius 2 is 2.29 bits per heavy atom. The maximum Gasteiger partial charge on any atom is 0.162 e. The van der Waals surface area contributed by atoms with Gasteiger partial charge < -0.3 is 10.5 Å². The molecule has 0 unspecified atom stereocenters. The van der Waals surface area contributed by atoms with Gasteiger partial charge in [-0.15, -0.1) is 0 Å². The maximum atomic E-state index is 5.66. The molecule has 0 radical (unpaired) electrons. The van der Waals surface area contributed by atoms with Crippen molar-refractivity contribution < 1.29 is 4.74 Å². The van der Waals surface area contributed by atoms with Crippen molar-refractivity contribution in [2.24, 2.45) is 0 Å². The molecule has 1 heterocycles. The van der Waals surface area contributed by atoms with Gasteiger partial charge in [-0.2, -0.15) is 5.10 Å². The van der Waals surface area contributed by atoms with Crippen LogP contribution in [0.4, 0.5) is 5.69 Å². The van der Waals surface area contributed by atoms with Crippen LogP contribution in [0.5, 0.6) is 5.75 Å². The summed E-state index contributed by atoms with van der Waals surface area (Å²) in [6.45, 7) is 0.392. The van der Waals surface area contributed by atoms with Gasteiger partial charge in [-0.05, 0) is 25.0 Å². The molecule has 0 bridgehead atoms. The summed E-state index contributed by atoms with van der Waals surface area (Å²) in [4.78, 5) is 4.39. The summed E-state index contributed by atoms with van der Waals surface area (Å²) < 4.78 is 5.57. The summed E-state index contributed by atoms with van der Waals surface area (Å²) in [5.41, 5.74) is 6.36. The number of ether oxygens (including phenoxy) is 1. The van der Waals surface area contributed by atoms with E-state index in [9.17, 15) is 0 Å². The van der Waals surface area contributed by atoms with E-state index in [0.29, 0.717) is 18.2 Å². The molecule has 0 atom stereocenters. The predicted molar refractivity (Wildman–Crippen MR) is 63.5 cm³/mol. The number of hydrogen-bond donors (Lipinski definition) is 2. The number of nitrogens with two attached hydrogens (primary N) is 1. The van der Waals surface area contributed by atoms with Crippen molar-refractivity contribution in [1.29, 1.82) is 0 Å². The number of nitrogen functional groups attached to an aromatic ring is 1. The average molecular weight is 230 g/mol. The highest BCUT2D eigenvalue weighted by molar-refractivity contribution is 5.43. The van der Waals surface area contributed by atoms with Gasteiger partial charge >= 0.3 is 0 Å². The molecule has 88 valence electrons. The number of anilines is 1. The maximum absolute atomic E-state index is 5.66. The fourth-order valence-corrected chi connectivity index (χ4v) is 1.65. The Morgan fingerprint density at radius 1 is 1.41 bits per heavy atom. The molecule has 3 N–H and O–H groups in total. The zero-order chi connectivity index (χ0) is 11.7. The van der Waals surface area contributed by atoms with E-state index < -0.39 is 0 Å². The van der Waals surface area contributed by atoms with Crippen molar-refractivity contribution in [2.75, 3.05) is 5.73 Å². The molecule has 5 heteroatoms. The van der Waals surface area contributed by atoms with E-state index in [0.717, 1.165) is 17.4 Å². The first-order valence-electron chi connectivity index (χ1n) is 5.71. The second-order valence-corrected chi connectivity index (χ2v) is 4.28. The van der Waals surface area contributed by atoms with Crippen LogP contribution in [-0.2, 0) is 6.61 Å². The summed E-state index contributed by atoms with van der Waals surface area (Å²) in [7, 11) is 0. The number of nitrogens with one attached hydrogen (secondary N) is 1. The van der Waals surface area contributed by atoms with Crippen LogP contribution in [0.2, 0.25) is 0 Å². The molecule has 1 fully saturated rings. The molecule has 1 saturated carbocycles. The Morgan fingerprint density at radius 3 is 3.06 bits per heavy atom. The largest absolute Gasteiger partial charge is 0.486 e. The molecule has 3 rings (SSSR count). The van der Waals surface area contributed by atoms with Gasteiger partial charge in [-0.3, -0.25) is 5.10 Å². The molecular weight excluding hydrogens is 216 g/mol. The fourth-order valence-electron chi connectivity index (χ4n) is 1.65. The Bertz CT molecular complexity index is 519. The van der Waals surface area contributed by atoms with E-state index in [4.69, 9.17) is 10.5 Å². The van der Waals surface area contributed by atoms with Gasteiger partial charge in [-0.25, -0.2) is 4.98 Å².